The van der Waals surface area contributed by atoms with Crippen LogP contribution in [0.3, 0.4) is 0 Å². The average molecular weight is 432 g/mol. The van der Waals surface area contributed by atoms with Crippen molar-refractivity contribution in [1.29, 1.82) is 0 Å². The summed E-state index contributed by atoms with van der Waals surface area (Å²) in [6, 6.07) is 0. The summed E-state index contributed by atoms with van der Waals surface area (Å²) in [5.74, 6) is -0.159. The van der Waals surface area contributed by atoms with Gasteiger partial charge >= 0.3 is 6.09 Å². The minimum absolute atomic E-state index is 0.132. The van der Waals surface area contributed by atoms with Gasteiger partial charge in [-0.15, -0.1) is 4.08 Å². The largest absolute Gasteiger partial charge is 0.432 e. The summed E-state index contributed by atoms with van der Waals surface area (Å²) in [5, 5.41) is 2.41. The lowest BCUT2D eigenvalue weighted by molar-refractivity contribution is 0.0502. The SMILES string of the molecule is CCCN(S(=O)CNC(=O)ONC(=S)CC)P1(=S)OCC(C)(C)CO1. The number of nitrogens with one attached hydrogen (secondary N) is 2. The molecule has 0 saturated carbocycles. The summed E-state index contributed by atoms with van der Waals surface area (Å²) in [7, 11) is -1.60. The lowest BCUT2D eigenvalue weighted by Crippen LogP contribution is -2.40. The Morgan fingerprint density at radius 3 is 2.48 bits per heavy atom. The highest BCUT2D eigenvalue weighted by molar-refractivity contribution is 8.12. The molecule has 1 heterocycles. The predicted molar refractivity (Wildman–Crippen MR) is 106 cm³/mol. The molecule has 2 N–H and O–H groups in total. The van der Waals surface area contributed by atoms with Crippen LogP contribution in [0.4, 0.5) is 4.79 Å². The maximum atomic E-state index is 12.6. The Kier molecular flexibility index (Phi) is 9.38. The minimum Gasteiger partial charge on any atom is -0.324 e. The fraction of sp³-hybridized carbons (Fsp3) is 0.846. The zero-order valence-corrected chi connectivity index (χ0v) is 18.2. The Morgan fingerprint density at radius 1 is 1.36 bits per heavy atom. The highest BCUT2D eigenvalue weighted by Gasteiger charge is 2.40. The van der Waals surface area contributed by atoms with Crippen LogP contribution in [0, 0.1) is 5.41 Å². The molecule has 1 atom stereocenters. The van der Waals surface area contributed by atoms with Gasteiger partial charge < -0.3 is 19.2 Å². The molecule has 0 aromatic carbocycles. The van der Waals surface area contributed by atoms with Gasteiger partial charge in [0.2, 0.25) is 0 Å². The fourth-order valence-corrected chi connectivity index (χ4v) is 6.85. The van der Waals surface area contributed by atoms with Gasteiger partial charge in [0.25, 0.3) is 6.64 Å². The van der Waals surface area contributed by atoms with Gasteiger partial charge in [-0.3, -0.25) is 0 Å². The van der Waals surface area contributed by atoms with Crippen LogP contribution in [-0.4, -0.2) is 45.0 Å². The summed E-state index contributed by atoms with van der Waals surface area (Å²) < 4.78 is 25.7. The average Bonchev–Trinajstić information content (AvgIpc) is 2.58. The Bertz CT molecular complexity index is 547. The van der Waals surface area contributed by atoms with E-state index in [1.807, 2.05) is 27.7 Å². The molecule has 8 nitrogen and oxygen atoms in total. The molecule has 1 aliphatic heterocycles. The van der Waals surface area contributed by atoms with Crippen LogP contribution < -0.4 is 10.8 Å². The van der Waals surface area contributed by atoms with Gasteiger partial charge in [-0.25, -0.2) is 14.5 Å². The molecule has 0 bridgehead atoms. The second-order valence-electron chi connectivity index (χ2n) is 6.17. The standard InChI is InChI=1S/C13H26N3O5PS3/c1-5-7-16(22(24)19-8-13(3,4)9-20-22)25(18)10-14-12(17)21-15-11(23)6-2/h5-10H2,1-4H3,(H,14,17)(H,15,23). The molecule has 0 radical (unpaired) electrons. The van der Waals surface area contributed by atoms with Gasteiger partial charge in [0.1, 0.15) is 21.9 Å². The van der Waals surface area contributed by atoms with Gasteiger partial charge in [-0.1, -0.05) is 39.9 Å². The van der Waals surface area contributed by atoms with Crippen LogP contribution in [-0.2, 0) is 36.7 Å². The zero-order valence-electron chi connectivity index (χ0n) is 14.9. The van der Waals surface area contributed by atoms with E-state index in [1.54, 1.807) is 0 Å². The molecule has 1 amide bonds. The third kappa shape index (κ3) is 7.54. The molecule has 0 aromatic heterocycles. The summed E-state index contributed by atoms with van der Waals surface area (Å²) in [5.41, 5.74) is 2.20. The maximum absolute atomic E-state index is 12.6. The molecule has 1 saturated heterocycles. The second kappa shape index (κ2) is 10.2. The maximum Gasteiger partial charge on any atom is 0.432 e. The first kappa shape index (κ1) is 22.9. The van der Waals surface area contributed by atoms with E-state index < -0.39 is 23.7 Å². The highest BCUT2D eigenvalue weighted by atomic mass is 32.5. The number of carbonyl (C=O) groups is 1. The Labute approximate surface area is 162 Å². The number of hydroxylamine groups is 1. The summed E-state index contributed by atoms with van der Waals surface area (Å²) >= 11 is 10.4. The number of hydrogen-bond donors (Lipinski definition) is 2. The third-order valence-corrected chi connectivity index (χ3v) is 8.88. The van der Waals surface area contributed by atoms with Gasteiger partial charge in [0.15, 0.2) is 0 Å². The molecule has 0 spiro atoms. The van der Waals surface area contributed by atoms with Crippen molar-refractivity contribution < 1.29 is 22.9 Å². The number of thiocarbonyl (C=S) groups is 1. The van der Waals surface area contributed by atoms with E-state index in [4.69, 9.17) is 37.9 Å². The first-order chi connectivity index (χ1) is 11.6. The van der Waals surface area contributed by atoms with Crippen LogP contribution >= 0.6 is 18.9 Å². The third-order valence-electron chi connectivity index (χ3n) is 3.08. The van der Waals surface area contributed by atoms with Gasteiger partial charge in [0, 0.05) is 12.0 Å². The van der Waals surface area contributed by atoms with E-state index in [9.17, 15) is 9.00 Å². The molecule has 1 aliphatic rings. The van der Waals surface area contributed by atoms with E-state index in [2.05, 4.69) is 10.8 Å². The second-order valence-corrected chi connectivity index (χ2v) is 11.6. The van der Waals surface area contributed by atoms with Crippen molar-refractivity contribution in [1.82, 2.24) is 14.9 Å². The predicted octanol–water partition coefficient (Wildman–Crippen LogP) is 2.59. The monoisotopic (exact) mass is 431 g/mol. The molecule has 0 aromatic rings. The van der Waals surface area contributed by atoms with E-state index in [0.29, 0.717) is 31.2 Å². The molecule has 0 aliphatic carbocycles. The quantitative estimate of drug-likeness (QED) is 0.361. The Morgan fingerprint density at radius 2 is 1.96 bits per heavy atom. The van der Waals surface area contributed by atoms with Crippen molar-refractivity contribution in [2.75, 3.05) is 25.6 Å². The van der Waals surface area contributed by atoms with Gasteiger partial charge in [-0.2, -0.15) is 0 Å². The normalized spacial score (nSPS) is 19.9. The van der Waals surface area contributed by atoms with E-state index >= 15 is 0 Å². The van der Waals surface area contributed by atoms with Crippen molar-refractivity contribution in [2.24, 2.45) is 5.41 Å². The van der Waals surface area contributed by atoms with Crippen LogP contribution in [0.15, 0.2) is 0 Å². The number of amides is 1. The number of rotatable bonds is 7. The van der Waals surface area contributed by atoms with Crippen LogP contribution in [0.2, 0.25) is 0 Å². The summed E-state index contributed by atoms with van der Waals surface area (Å²) in [6.07, 6.45) is 0.494. The summed E-state index contributed by atoms with van der Waals surface area (Å²) in [4.78, 5) is 16.7. The number of nitrogens with zero attached hydrogens (tertiary/aromatic N) is 1. The van der Waals surface area contributed by atoms with Crippen molar-refractivity contribution in [2.45, 2.75) is 40.5 Å². The molecule has 1 rings (SSSR count). The van der Waals surface area contributed by atoms with E-state index in [1.165, 1.54) is 4.08 Å². The molecule has 146 valence electrons. The van der Waals surface area contributed by atoms with Crippen molar-refractivity contribution in [3.05, 3.63) is 0 Å². The lowest BCUT2D eigenvalue weighted by Gasteiger charge is -2.40. The van der Waals surface area contributed by atoms with Crippen LogP contribution in [0.5, 0.6) is 0 Å². The van der Waals surface area contributed by atoms with Crippen LogP contribution in [0.1, 0.15) is 40.5 Å². The first-order valence-electron chi connectivity index (χ1n) is 7.92. The topological polar surface area (TPSA) is 89.1 Å². The molecule has 25 heavy (non-hydrogen) atoms. The highest BCUT2D eigenvalue weighted by Crippen LogP contribution is 2.57. The van der Waals surface area contributed by atoms with Crippen molar-refractivity contribution in [3.63, 3.8) is 0 Å². The Hall–Kier alpha value is -0.160. The van der Waals surface area contributed by atoms with Gasteiger partial charge in [0.05, 0.1) is 13.2 Å². The van der Waals surface area contributed by atoms with Crippen molar-refractivity contribution >= 4 is 52.7 Å². The van der Waals surface area contributed by atoms with Crippen molar-refractivity contribution in [3.8, 4) is 0 Å². The Balaban J connectivity index is 2.60. The number of hydrogen-bond acceptors (Lipinski definition) is 7. The smallest absolute Gasteiger partial charge is 0.324 e. The van der Waals surface area contributed by atoms with Gasteiger partial charge in [-0.05, 0) is 24.6 Å². The lowest BCUT2D eigenvalue weighted by atomic mass is 9.97. The molecular formula is C13H26N3O5PS3. The summed E-state index contributed by atoms with van der Waals surface area (Å²) in [6.45, 7) is 6.28. The molecular weight excluding hydrogens is 405 g/mol. The number of carbonyl (C=O) groups excluding carboxylic acids is 1. The minimum atomic E-state index is -2.83. The van der Waals surface area contributed by atoms with E-state index in [-0.39, 0.29) is 11.3 Å². The molecule has 1 unspecified atom stereocenters. The molecule has 1 fully saturated rings. The van der Waals surface area contributed by atoms with E-state index in [0.717, 1.165) is 6.42 Å². The fourth-order valence-electron chi connectivity index (χ4n) is 1.65. The first-order valence-corrected chi connectivity index (χ1v) is 12.2. The molecule has 12 heteroatoms. The van der Waals surface area contributed by atoms with Crippen LogP contribution in [0.25, 0.3) is 0 Å². The zero-order chi connectivity index (χ0) is 19.1.